The van der Waals surface area contributed by atoms with E-state index in [0.717, 1.165) is 12.0 Å². The Morgan fingerprint density at radius 2 is 1.94 bits per heavy atom. The van der Waals surface area contributed by atoms with Crippen molar-refractivity contribution in [3.63, 3.8) is 0 Å². The zero-order chi connectivity index (χ0) is 11.9. The minimum absolute atomic E-state index is 0.268. The van der Waals surface area contributed by atoms with Gasteiger partial charge in [-0.05, 0) is 30.2 Å². The maximum atomic E-state index is 4.14. The SMILES string of the molecule is CC[C@@H](C#Cc1ccccc1)c1cccnc1. The average molecular weight is 221 g/mol. The summed E-state index contributed by atoms with van der Waals surface area (Å²) in [5, 5.41) is 0. The molecule has 0 saturated heterocycles. The van der Waals surface area contributed by atoms with E-state index in [-0.39, 0.29) is 5.92 Å². The summed E-state index contributed by atoms with van der Waals surface area (Å²) in [7, 11) is 0. The van der Waals surface area contributed by atoms with Crippen LogP contribution in [0.4, 0.5) is 0 Å². The lowest BCUT2D eigenvalue weighted by molar-refractivity contribution is 0.824. The van der Waals surface area contributed by atoms with Crippen LogP contribution in [0.25, 0.3) is 0 Å². The van der Waals surface area contributed by atoms with Crippen LogP contribution in [0, 0.1) is 11.8 Å². The molecule has 1 nitrogen and oxygen atoms in total. The van der Waals surface area contributed by atoms with Crippen LogP contribution in [0.2, 0.25) is 0 Å². The van der Waals surface area contributed by atoms with Gasteiger partial charge in [0.1, 0.15) is 0 Å². The molecular weight excluding hydrogens is 206 g/mol. The lowest BCUT2D eigenvalue weighted by Gasteiger charge is -2.06. The van der Waals surface area contributed by atoms with Crippen LogP contribution in [0.1, 0.15) is 30.4 Å². The summed E-state index contributed by atoms with van der Waals surface area (Å²) < 4.78 is 0. The van der Waals surface area contributed by atoms with E-state index in [4.69, 9.17) is 0 Å². The van der Waals surface area contributed by atoms with E-state index >= 15 is 0 Å². The smallest absolute Gasteiger partial charge is 0.0468 e. The van der Waals surface area contributed by atoms with Crippen LogP contribution in [0.5, 0.6) is 0 Å². The third-order valence-corrected chi connectivity index (χ3v) is 2.66. The highest BCUT2D eigenvalue weighted by Gasteiger charge is 2.04. The summed E-state index contributed by atoms with van der Waals surface area (Å²) >= 11 is 0. The molecule has 1 heterocycles. The van der Waals surface area contributed by atoms with E-state index in [1.165, 1.54) is 5.56 Å². The molecule has 0 radical (unpaired) electrons. The molecular formula is C16H15N. The predicted molar refractivity (Wildman–Crippen MR) is 70.6 cm³/mol. The second-order valence-corrected chi connectivity index (χ2v) is 3.88. The molecule has 0 aliphatic carbocycles. The molecule has 0 unspecified atom stereocenters. The number of benzene rings is 1. The molecule has 1 heteroatoms. The molecule has 0 spiro atoms. The fraction of sp³-hybridized carbons (Fsp3) is 0.188. The third-order valence-electron chi connectivity index (χ3n) is 2.66. The summed E-state index contributed by atoms with van der Waals surface area (Å²) in [6.45, 7) is 2.15. The first-order valence-corrected chi connectivity index (χ1v) is 5.86. The number of hydrogen-bond acceptors (Lipinski definition) is 1. The molecule has 0 saturated carbocycles. The van der Waals surface area contributed by atoms with Gasteiger partial charge in [0, 0.05) is 23.9 Å². The van der Waals surface area contributed by atoms with E-state index < -0.39 is 0 Å². The molecule has 0 amide bonds. The second kappa shape index (κ2) is 5.86. The maximum absolute atomic E-state index is 4.14. The van der Waals surface area contributed by atoms with Crippen molar-refractivity contribution in [2.45, 2.75) is 19.3 Å². The van der Waals surface area contributed by atoms with Crippen molar-refractivity contribution in [1.29, 1.82) is 0 Å². The van der Waals surface area contributed by atoms with Crippen molar-refractivity contribution < 1.29 is 0 Å². The van der Waals surface area contributed by atoms with Gasteiger partial charge in [0.25, 0.3) is 0 Å². The largest absolute Gasteiger partial charge is 0.264 e. The normalized spacial score (nSPS) is 11.4. The monoisotopic (exact) mass is 221 g/mol. The lowest BCUT2D eigenvalue weighted by Crippen LogP contribution is -1.94. The zero-order valence-corrected chi connectivity index (χ0v) is 9.93. The van der Waals surface area contributed by atoms with Crippen LogP contribution in [0.15, 0.2) is 54.9 Å². The van der Waals surface area contributed by atoms with Gasteiger partial charge >= 0.3 is 0 Å². The first kappa shape index (κ1) is 11.4. The Hall–Kier alpha value is -2.07. The molecule has 1 atom stereocenters. The van der Waals surface area contributed by atoms with Crippen LogP contribution in [-0.4, -0.2) is 4.98 Å². The van der Waals surface area contributed by atoms with Gasteiger partial charge in [0.15, 0.2) is 0 Å². The Labute approximate surface area is 103 Å². The highest BCUT2D eigenvalue weighted by molar-refractivity contribution is 5.37. The van der Waals surface area contributed by atoms with Crippen molar-refractivity contribution in [3.8, 4) is 11.8 Å². The van der Waals surface area contributed by atoms with Crippen LogP contribution in [-0.2, 0) is 0 Å². The highest BCUT2D eigenvalue weighted by Crippen LogP contribution is 2.17. The second-order valence-electron chi connectivity index (χ2n) is 3.88. The number of pyridine rings is 1. The van der Waals surface area contributed by atoms with Crippen LogP contribution in [0.3, 0.4) is 0 Å². The minimum atomic E-state index is 0.268. The first-order chi connectivity index (χ1) is 8.40. The van der Waals surface area contributed by atoms with Crippen molar-refractivity contribution >= 4 is 0 Å². The molecule has 0 aliphatic heterocycles. The summed E-state index contributed by atoms with van der Waals surface area (Å²) in [5.41, 5.74) is 2.26. The van der Waals surface area contributed by atoms with Crippen molar-refractivity contribution in [1.82, 2.24) is 4.98 Å². The summed E-state index contributed by atoms with van der Waals surface area (Å²) in [6.07, 6.45) is 4.69. The summed E-state index contributed by atoms with van der Waals surface area (Å²) in [6, 6.07) is 14.1. The molecule has 2 aromatic rings. The third kappa shape index (κ3) is 3.19. The zero-order valence-electron chi connectivity index (χ0n) is 9.93. The maximum Gasteiger partial charge on any atom is 0.0468 e. The Balaban J connectivity index is 2.20. The summed E-state index contributed by atoms with van der Waals surface area (Å²) in [4.78, 5) is 4.14. The number of nitrogens with zero attached hydrogens (tertiary/aromatic N) is 1. The first-order valence-electron chi connectivity index (χ1n) is 5.86. The lowest BCUT2D eigenvalue weighted by atomic mass is 9.98. The number of hydrogen-bond donors (Lipinski definition) is 0. The van der Waals surface area contributed by atoms with Gasteiger partial charge in [-0.1, -0.05) is 43.0 Å². The molecule has 0 fully saturated rings. The molecule has 2 rings (SSSR count). The summed E-state index contributed by atoms with van der Waals surface area (Å²) in [5.74, 6) is 6.80. The molecule has 1 aromatic carbocycles. The fourth-order valence-electron chi connectivity index (χ4n) is 1.70. The predicted octanol–water partition coefficient (Wildman–Crippen LogP) is 3.63. The van der Waals surface area contributed by atoms with E-state index in [0.29, 0.717) is 0 Å². The Morgan fingerprint density at radius 1 is 1.12 bits per heavy atom. The average Bonchev–Trinajstić information content (AvgIpc) is 2.42. The van der Waals surface area contributed by atoms with Crippen molar-refractivity contribution in [3.05, 3.63) is 66.0 Å². The van der Waals surface area contributed by atoms with Gasteiger partial charge in [-0.25, -0.2) is 0 Å². The molecule has 84 valence electrons. The Bertz CT molecular complexity index is 505. The fourth-order valence-corrected chi connectivity index (χ4v) is 1.70. The minimum Gasteiger partial charge on any atom is -0.264 e. The standard InChI is InChI=1S/C16H15N/c1-2-15(16-9-6-12-17-13-16)11-10-14-7-4-3-5-8-14/h3-9,12-13,15H,2H2,1H3/t15-/m0/s1. The van der Waals surface area contributed by atoms with E-state index in [1.807, 2.05) is 42.6 Å². The molecule has 0 N–H and O–H groups in total. The molecule has 17 heavy (non-hydrogen) atoms. The molecule has 0 bridgehead atoms. The Morgan fingerprint density at radius 3 is 2.59 bits per heavy atom. The number of rotatable bonds is 2. The van der Waals surface area contributed by atoms with Gasteiger partial charge < -0.3 is 0 Å². The van der Waals surface area contributed by atoms with Crippen LogP contribution >= 0.6 is 0 Å². The van der Waals surface area contributed by atoms with Gasteiger partial charge in [0.05, 0.1) is 0 Å². The topological polar surface area (TPSA) is 12.9 Å². The molecule has 0 aliphatic rings. The van der Waals surface area contributed by atoms with E-state index in [1.54, 1.807) is 6.20 Å². The van der Waals surface area contributed by atoms with E-state index in [9.17, 15) is 0 Å². The van der Waals surface area contributed by atoms with Gasteiger partial charge in [0.2, 0.25) is 0 Å². The van der Waals surface area contributed by atoms with Crippen molar-refractivity contribution in [2.24, 2.45) is 0 Å². The van der Waals surface area contributed by atoms with Crippen LogP contribution < -0.4 is 0 Å². The van der Waals surface area contributed by atoms with E-state index in [2.05, 4.69) is 29.8 Å². The number of aromatic nitrogens is 1. The van der Waals surface area contributed by atoms with Gasteiger partial charge in [-0.15, -0.1) is 0 Å². The Kier molecular flexibility index (Phi) is 3.94. The quantitative estimate of drug-likeness (QED) is 0.706. The highest BCUT2D eigenvalue weighted by atomic mass is 14.6. The van der Waals surface area contributed by atoms with Gasteiger partial charge in [-0.2, -0.15) is 0 Å². The molecule has 1 aromatic heterocycles. The van der Waals surface area contributed by atoms with Gasteiger partial charge in [-0.3, -0.25) is 4.98 Å². The van der Waals surface area contributed by atoms with Crippen molar-refractivity contribution in [2.75, 3.05) is 0 Å².